The van der Waals surface area contributed by atoms with Crippen molar-refractivity contribution in [2.24, 2.45) is 0 Å². The van der Waals surface area contributed by atoms with Gasteiger partial charge in [0.25, 0.3) is 5.92 Å². The first-order valence-electron chi connectivity index (χ1n) is 19.0. The molecule has 0 radical (unpaired) electrons. The van der Waals surface area contributed by atoms with Crippen molar-refractivity contribution in [1.29, 1.82) is 0 Å². The molecule has 57 heavy (non-hydrogen) atoms. The number of carbonyl (C=O) groups excluding carboxylic acids is 1. The number of halogens is 5. The summed E-state index contributed by atoms with van der Waals surface area (Å²) in [5.74, 6) is -6.53. The Labute approximate surface area is 323 Å². The van der Waals surface area contributed by atoms with Crippen LogP contribution in [0.4, 0.5) is 43.0 Å². The number of piperazine rings is 1. The van der Waals surface area contributed by atoms with E-state index in [-0.39, 0.29) is 63.8 Å². The van der Waals surface area contributed by atoms with E-state index in [0.29, 0.717) is 32.2 Å². The molecule has 0 aliphatic carbocycles. The third kappa shape index (κ3) is 6.17. The largest absolute Gasteiger partial charge is 0.472 e. The maximum atomic E-state index is 17.5. The molecule has 0 saturated carbocycles. The number of benzene rings is 2. The molecular weight excluding hydrogens is 757 g/mol. The fourth-order valence-electron chi connectivity index (χ4n) is 9.71. The van der Waals surface area contributed by atoms with E-state index in [1.54, 1.807) is 32.6 Å². The van der Waals surface area contributed by atoms with Gasteiger partial charge in [0, 0.05) is 29.6 Å². The Hall–Kier alpha value is -5.26. The first-order chi connectivity index (χ1) is 26.9. The zero-order chi connectivity index (χ0) is 40.3. The summed E-state index contributed by atoms with van der Waals surface area (Å²) in [7, 11) is 0. The maximum absolute atomic E-state index is 17.5. The minimum Gasteiger partial charge on any atom is -0.472 e. The number of pyridine rings is 1. The van der Waals surface area contributed by atoms with Gasteiger partial charge < -0.3 is 24.2 Å². The highest BCUT2D eigenvalue weighted by Gasteiger charge is 2.57. The number of carbonyl (C=O) groups is 2. The Balaban J connectivity index is 1.23. The number of nitrogens with zero attached hydrogens (tertiary/aromatic N) is 6. The van der Waals surface area contributed by atoms with Crippen molar-refractivity contribution in [3.8, 4) is 23.1 Å². The number of amides is 2. The number of nitrogens with one attached hydrogen (secondary N) is 1. The van der Waals surface area contributed by atoms with Crippen molar-refractivity contribution in [2.75, 3.05) is 36.5 Å². The van der Waals surface area contributed by atoms with E-state index < -0.39 is 89.6 Å². The molecule has 13 nitrogen and oxygen atoms in total. The van der Waals surface area contributed by atoms with Gasteiger partial charge in [-0.1, -0.05) is 6.07 Å². The van der Waals surface area contributed by atoms with Crippen LogP contribution in [0.2, 0.25) is 0 Å². The van der Waals surface area contributed by atoms with Crippen LogP contribution in [0.5, 0.6) is 11.9 Å². The first kappa shape index (κ1) is 37.3. The standard InChI is InChI=1S/C39H40F5N7O6/c1-18-31-24-9-7-21(51(24)36(53)54)14-50(31)32-26-30(47-34(48-32)55-17-38-10-5-11-49(38)16-39(43,44)15-38)28(42)29(46-33(26)56-18)22-13-20(45-35(52)57-37(2,3)4)12-19-6-8-23(40)27(41)25(19)22/h6,8,12-13,18,21,24,31H,5,7,9-11,14-17H2,1-4H3,(H,45,52)(H,53,54). The van der Waals surface area contributed by atoms with Gasteiger partial charge >= 0.3 is 18.2 Å². The van der Waals surface area contributed by atoms with Crippen molar-refractivity contribution >= 4 is 45.4 Å². The predicted molar refractivity (Wildman–Crippen MR) is 197 cm³/mol. The van der Waals surface area contributed by atoms with E-state index in [9.17, 15) is 27.9 Å². The Kier molecular flexibility index (Phi) is 8.43. The van der Waals surface area contributed by atoms with Crippen LogP contribution in [-0.2, 0) is 4.74 Å². The van der Waals surface area contributed by atoms with Crippen molar-refractivity contribution in [3.05, 3.63) is 41.7 Å². The van der Waals surface area contributed by atoms with Gasteiger partial charge in [-0.05, 0) is 83.5 Å². The number of carboxylic acid groups (broad SMARTS) is 1. The van der Waals surface area contributed by atoms with Crippen molar-refractivity contribution < 1.29 is 50.9 Å². The molecule has 5 aliphatic rings. The van der Waals surface area contributed by atoms with Gasteiger partial charge in [-0.3, -0.25) is 15.1 Å². The van der Waals surface area contributed by atoms with Crippen molar-refractivity contribution in [3.63, 3.8) is 0 Å². The molecule has 4 saturated heterocycles. The summed E-state index contributed by atoms with van der Waals surface area (Å²) in [4.78, 5) is 44.1. The molecule has 4 aromatic rings. The lowest BCUT2D eigenvalue weighted by Crippen LogP contribution is -2.64. The quantitative estimate of drug-likeness (QED) is 0.196. The van der Waals surface area contributed by atoms with E-state index in [1.807, 2.05) is 4.90 Å². The first-order valence-corrected chi connectivity index (χ1v) is 19.0. The van der Waals surface area contributed by atoms with Gasteiger partial charge in [-0.15, -0.1) is 0 Å². The fourth-order valence-corrected chi connectivity index (χ4v) is 9.71. The average Bonchev–Trinajstić information content (AvgIpc) is 3.71. The maximum Gasteiger partial charge on any atom is 0.412 e. The lowest BCUT2D eigenvalue weighted by Gasteiger charge is -2.47. The number of fused-ring (bicyclic) bond motifs is 7. The molecule has 5 unspecified atom stereocenters. The van der Waals surface area contributed by atoms with Gasteiger partial charge in [0.2, 0.25) is 5.88 Å². The molecule has 2 aromatic heterocycles. The topological polar surface area (TPSA) is 142 Å². The normalized spacial score (nSPS) is 26.3. The smallest absolute Gasteiger partial charge is 0.412 e. The molecule has 9 rings (SSSR count). The average molecular weight is 798 g/mol. The van der Waals surface area contributed by atoms with Crippen LogP contribution in [0.1, 0.15) is 59.8 Å². The Morgan fingerprint density at radius 3 is 2.61 bits per heavy atom. The fraction of sp³-hybridized carbons (Fsp3) is 0.513. The molecule has 5 atom stereocenters. The third-order valence-corrected chi connectivity index (χ3v) is 11.8. The van der Waals surface area contributed by atoms with Crippen LogP contribution in [-0.4, -0.2) is 110 Å². The monoisotopic (exact) mass is 797 g/mol. The number of aromatic nitrogens is 3. The van der Waals surface area contributed by atoms with E-state index in [0.717, 1.165) is 6.07 Å². The van der Waals surface area contributed by atoms with Crippen molar-refractivity contribution in [2.45, 2.75) is 101 Å². The summed E-state index contributed by atoms with van der Waals surface area (Å²) in [6.07, 6.45) is -0.898. The number of alkyl halides is 2. The molecule has 7 heterocycles. The summed E-state index contributed by atoms with van der Waals surface area (Å²) in [6, 6.07) is 2.89. The van der Waals surface area contributed by atoms with Crippen LogP contribution in [0.15, 0.2) is 24.3 Å². The van der Waals surface area contributed by atoms with Crippen LogP contribution in [0.3, 0.4) is 0 Å². The zero-order valence-electron chi connectivity index (χ0n) is 31.5. The van der Waals surface area contributed by atoms with Crippen LogP contribution >= 0.6 is 0 Å². The molecule has 2 amide bonds. The molecule has 2 bridgehead atoms. The number of hydrogen-bond donors (Lipinski definition) is 2. The highest BCUT2D eigenvalue weighted by Crippen LogP contribution is 2.49. The van der Waals surface area contributed by atoms with Gasteiger partial charge in [-0.25, -0.2) is 36.5 Å². The number of ether oxygens (including phenoxy) is 3. The SMILES string of the molecule is CC1Oc2nc(-c3cc(NC(=O)OC(C)(C)C)cc4ccc(F)c(F)c34)c(F)c3nc(OCC45CCCN4CC(F)(F)C5)nc(c23)N2CC3CCC(C12)N3C(=O)O. The van der Waals surface area contributed by atoms with Crippen LogP contribution in [0, 0.1) is 17.5 Å². The van der Waals surface area contributed by atoms with Crippen molar-refractivity contribution in [1.82, 2.24) is 24.8 Å². The molecule has 18 heteroatoms. The molecule has 2 N–H and O–H groups in total. The third-order valence-electron chi connectivity index (χ3n) is 11.8. The highest BCUT2D eigenvalue weighted by molar-refractivity contribution is 6.04. The lowest BCUT2D eigenvalue weighted by molar-refractivity contribution is 0.00801. The number of rotatable bonds is 5. The van der Waals surface area contributed by atoms with Gasteiger partial charge in [-0.2, -0.15) is 9.97 Å². The molecule has 302 valence electrons. The summed E-state index contributed by atoms with van der Waals surface area (Å²) in [5, 5.41) is 12.6. The lowest BCUT2D eigenvalue weighted by atomic mass is 9.94. The second-order valence-corrected chi connectivity index (χ2v) is 16.8. The van der Waals surface area contributed by atoms with Crippen LogP contribution in [0.25, 0.3) is 32.9 Å². The minimum absolute atomic E-state index is 0.0353. The Morgan fingerprint density at radius 1 is 1.07 bits per heavy atom. The predicted octanol–water partition coefficient (Wildman–Crippen LogP) is 7.34. The second kappa shape index (κ2) is 12.9. The minimum atomic E-state index is -2.92. The van der Waals surface area contributed by atoms with Crippen LogP contribution < -0.4 is 19.7 Å². The van der Waals surface area contributed by atoms with E-state index in [2.05, 4.69) is 15.3 Å². The zero-order valence-corrected chi connectivity index (χ0v) is 31.5. The summed E-state index contributed by atoms with van der Waals surface area (Å²) >= 11 is 0. The van der Waals surface area contributed by atoms with E-state index in [1.165, 1.54) is 23.1 Å². The molecule has 4 fully saturated rings. The van der Waals surface area contributed by atoms with E-state index >= 15 is 8.78 Å². The van der Waals surface area contributed by atoms with Gasteiger partial charge in [0.05, 0.1) is 30.2 Å². The molecule has 2 aromatic carbocycles. The number of anilines is 2. The summed E-state index contributed by atoms with van der Waals surface area (Å²) in [5.41, 5.74) is -2.92. The molecule has 0 spiro atoms. The molecule has 5 aliphatic heterocycles. The molecular formula is C39H40F5N7O6. The van der Waals surface area contributed by atoms with Gasteiger partial charge in [0.15, 0.2) is 17.5 Å². The van der Waals surface area contributed by atoms with E-state index in [4.69, 9.17) is 19.2 Å². The highest BCUT2D eigenvalue weighted by atomic mass is 19.3. The Bertz CT molecular complexity index is 2360. The second-order valence-electron chi connectivity index (χ2n) is 16.8. The summed E-state index contributed by atoms with van der Waals surface area (Å²) in [6.45, 7) is 6.75. The summed E-state index contributed by atoms with van der Waals surface area (Å²) < 4.78 is 95.6. The Morgan fingerprint density at radius 2 is 1.86 bits per heavy atom. The number of hydrogen-bond acceptors (Lipinski definition) is 10. The van der Waals surface area contributed by atoms with Gasteiger partial charge in [0.1, 0.15) is 40.7 Å².